The summed E-state index contributed by atoms with van der Waals surface area (Å²) >= 11 is 0. The summed E-state index contributed by atoms with van der Waals surface area (Å²) in [6, 6.07) is 7.78. The van der Waals surface area contributed by atoms with Gasteiger partial charge < -0.3 is 28.8 Å². The molecule has 2 rings (SSSR count). The standard InChI is InChI=1S/C18H28O6/c1-18(2)23-13-17(24-18)12-21-10-15(19)11-22-16-6-4-14(5-7-16)8-9-20-3/h4-7,15,17,19H,8-13H2,1-3H3. The van der Waals surface area contributed by atoms with Crippen molar-refractivity contribution in [1.29, 1.82) is 0 Å². The van der Waals surface area contributed by atoms with Crippen LogP contribution in [0.3, 0.4) is 0 Å². The average Bonchev–Trinajstić information content (AvgIpc) is 2.91. The van der Waals surface area contributed by atoms with E-state index in [2.05, 4.69) is 0 Å². The zero-order valence-electron chi connectivity index (χ0n) is 14.7. The zero-order chi connectivity index (χ0) is 17.4. The molecule has 0 spiro atoms. The van der Waals surface area contributed by atoms with E-state index in [-0.39, 0.29) is 19.3 Å². The van der Waals surface area contributed by atoms with Gasteiger partial charge in [-0.2, -0.15) is 0 Å². The molecular formula is C18H28O6. The fraction of sp³-hybridized carbons (Fsp3) is 0.667. The van der Waals surface area contributed by atoms with E-state index in [1.807, 2.05) is 38.1 Å². The largest absolute Gasteiger partial charge is 0.491 e. The van der Waals surface area contributed by atoms with E-state index in [1.165, 1.54) is 5.56 Å². The summed E-state index contributed by atoms with van der Waals surface area (Å²) in [7, 11) is 1.69. The number of ether oxygens (including phenoxy) is 5. The quantitative estimate of drug-likeness (QED) is 0.700. The third-order valence-electron chi connectivity index (χ3n) is 3.64. The fourth-order valence-electron chi connectivity index (χ4n) is 2.39. The Morgan fingerprint density at radius 1 is 1.25 bits per heavy atom. The first-order valence-corrected chi connectivity index (χ1v) is 8.27. The maximum atomic E-state index is 9.92. The number of hydrogen-bond donors (Lipinski definition) is 1. The second-order valence-corrected chi connectivity index (χ2v) is 6.34. The van der Waals surface area contributed by atoms with Crippen LogP contribution in [0.5, 0.6) is 5.75 Å². The van der Waals surface area contributed by atoms with Crippen molar-refractivity contribution < 1.29 is 28.8 Å². The zero-order valence-corrected chi connectivity index (χ0v) is 14.7. The molecule has 1 aliphatic heterocycles. The Morgan fingerprint density at radius 3 is 2.62 bits per heavy atom. The maximum absolute atomic E-state index is 9.92. The Kier molecular flexibility index (Phi) is 7.45. The lowest BCUT2D eigenvalue weighted by Crippen LogP contribution is -2.28. The first-order valence-electron chi connectivity index (χ1n) is 8.27. The van der Waals surface area contributed by atoms with Gasteiger partial charge in [0.25, 0.3) is 0 Å². The molecule has 1 aromatic carbocycles. The first kappa shape index (κ1) is 19.1. The summed E-state index contributed by atoms with van der Waals surface area (Å²) in [6.07, 6.45) is 0.0954. The van der Waals surface area contributed by atoms with Crippen LogP contribution in [0.1, 0.15) is 19.4 Å². The Labute approximate surface area is 143 Å². The van der Waals surface area contributed by atoms with Crippen molar-refractivity contribution in [2.75, 3.05) is 40.1 Å². The van der Waals surface area contributed by atoms with E-state index in [9.17, 15) is 5.11 Å². The third-order valence-corrected chi connectivity index (χ3v) is 3.64. The highest BCUT2D eigenvalue weighted by molar-refractivity contribution is 5.27. The van der Waals surface area contributed by atoms with Gasteiger partial charge in [0, 0.05) is 7.11 Å². The van der Waals surface area contributed by atoms with Crippen LogP contribution in [0.25, 0.3) is 0 Å². The SMILES string of the molecule is COCCc1ccc(OCC(O)COCC2COC(C)(C)O2)cc1. The van der Waals surface area contributed by atoms with Gasteiger partial charge in [-0.15, -0.1) is 0 Å². The molecule has 1 aromatic rings. The van der Waals surface area contributed by atoms with E-state index in [1.54, 1.807) is 7.11 Å². The van der Waals surface area contributed by atoms with Crippen molar-refractivity contribution in [3.05, 3.63) is 29.8 Å². The smallest absolute Gasteiger partial charge is 0.163 e. The molecule has 0 bridgehead atoms. The van der Waals surface area contributed by atoms with Gasteiger partial charge >= 0.3 is 0 Å². The van der Waals surface area contributed by atoms with Crippen LogP contribution in [-0.4, -0.2) is 63.2 Å². The Morgan fingerprint density at radius 2 is 2.00 bits per heavy atom. The van der Waals surface area contributed by atoms with Crippen LogP contribution in [0.4, 0.5) is 0 Å². The van der Waals surface area contributed by atoms with E-state index in [0.29, 0.717) is 19.8 Å². The van der Waals surface area contributed by atoms with Crippen LogP contribution in [0, 0.1) is 0 Å². The van der Waals surface area contributed by atoms with E-state index >= 15 is 0 Å². The molecule has 1 N–H and O–H groups in total. The first-order chi connectivity index (χ1) is 11.5. The molecule has 1 fully saturated rings. The second kappa shape index (κ2) is 9.34. The highest BCUT2D eigenvalue weighted by Crippen LogP contribution is 2.22. The topological polar surface area (TPSA) is 66.4 Å². The maximum Gasteiger partial charge on any atom is 0.163 e. The normalized spacial score (nSPS) is 20.9. The summed E-state index contributed by atoms with van der Waals surface area (Å²) in [5.74, 6) is 0.176. The van der Waals surface area contributed by atoms with Crippen molar-refractivity contribution in [3.63, 3.8) is 0 Å². The number of aliphatic hydroxyl groups is 1. The Bertz CT molecular complexity index is 473. The minimum atomic E-state index is -0.687. The van der Waals surface area contributed by atoms with Gasteiger partial charge in [0.2, 0.25) is 0 Å². The summed E-state index contributed by atoms with van der Waals surface area (Å²) in [5, 5.41) is 9.92. The minimum Gasteiger partial charge on any atom is -0.491 e. The highest BCUT2D eigenvalue weighted by Gasteiger charge is 2.32. The predicted molar refractivity (Wildman–Crippen MR) is 89.2 cm³/mol. The molecule has 6 heteroatoms. The lowest BCUT2D eigenvalue weighted by molar-refractivity contribution is -0.146. The fourth-order valence-corrected chi connectivity index (χ4v) is 2.39. The van der Waals surface area contributed by atoms with Gasteiger partial charge in [-0.1, -0.05) is 12.1 Å². The molecule has 24 heavy (non-hydrogen) atoms. The average molecular weight is 340 g/mol. The summed E-state index contributed by atoms with van der Waals surface area (Å²) in [5.41, 5.74) is 1.19. The Balaban J connectivity index is 1.60. The summed E-state index contributed by atoms with van der Waals surface area (Å²) in [6.45, 7) is 5.73. The molecule has 136 valence electrons. The molecular weight excluding hydrogens is 312 g/mol. The second-order valence-electron chi connectivity index (χ2n) is 6.34. The lowest BCUT2D eigenvalue weighted by atomic mass is 10.1. The molecule has 0 amide bonds. The number of methoxy groups -OCH3 is 1. The molecule has 0 radical (unpaired) electrons. The number of aliphatic hydroxyl groups excluding tert-OH is 1. The lowest BCUT2D eigenvalue weighted by Gasteiger charge is -2.18. The van der Waals surface area contributed by atoms with Crippen molar-refractivity contribution in [1.82, 2.24) is 0 Å². The van der Waals surface area contributed by atoms with Crippen molar-refractivity contribution in [3.8, 4) is 5.75 Å². The van der Waals surface area contributed by atoms with Gasteiger partial charge in [-0.25, -0.2) is 0 Å². The van der Waals surface area contributed by atoms with Gasteiger partial charge in [-0.05, 0) is 38.0 Å². The Hall–Kier alpha value is -1.18. The van der Waals surface area contributed by atoms with Crippen molar-refractivity contribution >= 4 is 0 Å². The molecule has 1 aliphatic rings. The van der Waals surface area contributed by atoms with Gasteiger partial charge in [0.15, 0.2) is 5.79 Å². The van der Waals surface area contributed by atoms with Crippen LogP contribution in [0.15, 0.2) is 24.3 Å². The molecule has 1 saturated heterocycles. The molecule has 6 nitrogen and oxygen atoms in total. The molecule has 0 aliphatic carbocycles. The van der Waals surface area contributed by atoms with E-state index in [0.717, 1.165) is 12.2 Å². The van der Waals surface area contributed by atoms with Gasteiger partial charge in [0.05, 0.1) is 26.4 Å². The molecule has 1 heterocycles. The summed E-state index contributed by atoms with van der Waals surface area (Å²) < 4.78 is 27.2. The molecule has 0 aromatic heterocycles. The minimum absolute atomic E-state index is 0.0900. The molecule has 2 atom stereocenters. The van der Waals surface area contributed by atoms with Crippen LogP contribution < -0.4 is 4.74 Å². The predicted octanol–water partition coefficient (Wildman–Crippen LogP) is 1.78. The summed E-state index contributed by atoms with van der Waals surface area (Å²) in [4.78, 5) is 0. The van der Waals surface area contributed by atoms with Crippen LogP contribution in [-0.2, 0) is 25.4 Å². The number of rotatable bonds is 10. The van der Waals surface area contributed by atoms with E-state index in [4.69, 9.17) is 23.7 Å². The monoisotopic (exact) mass is 340 g/mol. The van der Waals surface area contributed by atoms with Gasteiger partial charge in [-0.3, -0.25) is 0 Å². The highest BCUT2D eigenvalue weighted by atomic mass is 16.7. The molecule has 0 saturated carbocycles. The van der Waals surface area contributed by atoms with Crippen LogP contribution in [0.2, 0.25) is 0 Å². The van der Waals surface area contributed by atoms with Crippen molar-refractivity contribution in [2.45, 2.75) is 38.3 Å². The van der Waals surface area contributed by atoms with Crippen molar-refractivity contribution in [2.24, 2.45) is 0 Å². The number of hydrogen-bond acceptors (Lipinski definition) is 6. The van der Waals surface area contributed by atoms with Gasteiger partial charge in [0.1, 0.15) is 24.6 Å². The molecule has 2 unspecified atom stereocenters. The third kappa shape index (κ3) is 6.75. The van der Waals surface area contributed by atoms with E-state index < -0.39 is 11.9 Å². The van der Waals surface area contributed by atoms with Crippen LogP contribution >= 0.6 is 0 Å². The number of benzene rings is 1.